The summed E-state index contributed by atoms with van der Waals surface area (Å²) in [5.41, 5.74) is 1.27. The Balaban J connectivity index is 2.04. The fourth-order valence-electron chi connectivity index (χ4n) is 3.58. The number of rotatable bonds is 7. The molecule has 1 heterocycles. The van der Waals surface area contributed by atoms with Crippen LogP contribution in [0.2, 0.25) is 0 Å². The summed E-state index contributed by atoms with van der Waals surface area (Å²) in [6.07, 6.45) is 0.829. The van der Waals surface area contributed by atoms with Crippen molar-refractivity contribution in [3.63, 3.8) is 0 Å². The van der Waals surface area contributed by atoms with Crippen molar-refractivity contribution in [2.75, 3.05) is 46.2 Å². The van der Waals surface area contributed by atoms with E-state index in [2.05, 4.69) is 0 Å². The maximum Gasteiger partial charge on any atom is 0.341 e. The maximum absolute atomic E-state index is 13.4. The predicted molar refractivity (Wildman–Crippen MR) is 122 cm³/mol. The molecule has 1 unspecified atom stereocenters. The molecule has 0 aromatic heterocycles. The number of amides is 1. The number of ether oxygens (including phenoxy) is 1. The van der Waals surface area contributed by atoms with Crippen molar-refractivity contribution in [3.8, 4) is 0 Å². The van der Waals surface area contributed by atoms with E-state index in [4.69, 9.17) is 4.74 Å². The van der Waals surface area contributed by atoms with Crippen LogP contribution in [0.4, 0.5) is 5.69 Å². The molecule has 32 heavy (non-hydrogen) atoms. The molecule has 1 saturated heterocycles. The zero-order chi connectivity index (χ0) is 23.5. The lowest BCUT2D eigenvalue weighted by Gasteiger charge is -2.24. The lowest BCUT2D eigenvalue weighted by Crippen LogP contribution is -2.32. The lowest BCUT2D eigenvalue weighted by molar-refractivity contribution is -0.138. The summed E-state index contributed by atoms with van der Waals surface area (Å²) in [7, 11) is 2.29. The van der Waals surface area contributed by atoms with E-state index in [-0.39, 0.29) is 16.4 Å². The topological polar surface area (TPSA) is 87.2 Å². The van der Waals surface area contributed by atoms with E-state index < -0.39 is 22.1 Å². The number of benzene rings is 2. The first-order valence-electron chi connectivity index (χ1n) is 10.4. The Labute approximate surface area is 189 Å². The Bertz CT molecular complexity index is 1080. The van der Waals surface area contributed by atoms with Gasteiger partial charge in [-0.1, -0.05) is 30.3 Å². The van der Waals surface area contributed by atoms with Gasteiger partial charge in [-0.2, -0.15) is 0 Å². The number of sulfonamides is 1. The quantitative estimate of drug-likeness (QED) is 0.592. The molecule has 1 aliphatic rings. The van der Waals surface area contributed by atoms with Crippen molar-refractivity contribution in [2.24, 2.45) is 0 Å². The maximum atomic E-state index is 13.4. The SMILES string of the molecule is CN(C)C(=O)C(OC(=O)c1cc(S(=O)(=O)N(C)C)ccc1N1CCCC1)c1ccccc1. The van der Waals surface area contributed by atoms with Crippen LogP contribution < -0.4 is 4.90 Å². The van der Waals surface area contributed by atoms with E-state index in [0.29, 0.717) is 11.3 Å². The van der Waals surface area contributed by atoms with Crippen molar-refractivity contribution in [1.82, 2.24) is 9.21 Å². The number of hydrogen-bond acceptors (Lipinski definition) is 6. The molecule has 1 fully saturated rings. The van der Waals surface area contributed by atoms with E-state index in [1.807, 2.05) is 11.0 Å². The number of nitrogens with zero attached hydrogens (tertiary/aromatic N) is 3. The average Bonchev–Trinajstić information content (AvgIpc) is 3.31. The van der Waals surface area contributed by atoms with Crippen molar-refractivity contribution in [1.29, 1.82) is 0 Å². The predicted octanol–water partition coefficient (Wildman–Crippen LogP) is 2.52. The van der Waals surface area contributed by atoms with E-state index >= 15 is 0 Å². The first-order chi connectivity index (χ1) is 15.1. The van der Waals surface area contributed by atoms with Gasteiger partial charge in [0.25, 0.3) is 5.91 Å². The number of carbonyl (C=O) groups is 2. The second-order valence-electron chi connectivity index (χ2n) is 8.09. The molecular weight excluding hydrogens is 430 g/mol. The summed E-state index contributed by atoms with van der Waals surface area (Å²) in [6.45, 7) is 1.53. The van der Waals surface area contributed by atoms with E-state index in [1.54, 1.807) is 44.4 Å². The minimum absolute atomic E-state index is 0.00686. The van der Waals surface area contributed by atoms with Gasteiger partial charge in [0, 0.05) is 46.8 Å². The van der Waals surface area contributed by atoms with Gasteiger partial charge in [0.05, 0.1) is 16.1 Å². The largest absolute Gasteiger partial charge is 0.444 e. The molecule has 0 saturated carbocycles. The minimum atomic E-state index is -3.75. The minimum Gasteiger partial charge on any atom is -0.444 e. The molecule has 3 rings (SSSR count). The van der Waals surface area contributed by atoms with E-state index in [0.717, 1.165) is 30.2 Å². The van der Waals surface area contributed by atoms with Crippen molar-refractivity contribution < 1.29 is 22.7 Å². The molecule has 2 aromatic rings. The molecule has 2 aromatic carbocycles. The second kappa shape index (κ2) is 9.70. The first-order valence-corrected chi connectivity index (χ1v) is 11.9. The van der Waals surface area contributed by atoms with Gasteiger partial charge >= 0.3 is 5.97 Å². The van der Waals surface area contributed by atoms with Crippen LogP contribution in [0.5, 0.6) is 0 Å². The van der Waals surface area contributed by atoms with Crippen LogP contribution in [0.25, 0.3) is 0 Å². The average molecular weight is 460 g/mol. The molecule has 172 valence electrons. The van der Waals surface area contributed by atoms with Crippen LogP contribution in [0.3, 0.4) is 0 Å². The van der Waals surface area contributed by atoms with Gasteiger partial charge in [-0.15, -0.1) is 0 Å². The van der Waals surface area contributed by atoms with Crippen LogP contribution in [-0.2, 0) is 19.6 Å². The molecule has 0 N–H and O–H groups in total. The molecular formula is C23H29N3O5S. The normalized spacial score (nSPS) is 15.0. The number of likely N-dealkylation sites (N-methyl/N-ethyl adjacent to an activating group) is 1. The lowest BCUT2D eigenvalue weighted by atomic mass is 10.1. The molecule has 1 atom stereocenters. The molecule has 1 amide bonds. The highest BCUT2D eigenvalue weighted by Crippen LogP contribution is 2.30. The highest BCUT2D eigenvalue weighted by molar-refractivity contribution is 7.89. The Morgan fingerprint density at radius 1 is 0.969 bits per heavy atom. The zero-order valence-corrected chi connectivity index (χ0v) is 19.6. The third-order valence-electron chi connectivity index (χ3n) is 5.41. The summed E-state index contributed by atoms with van der Waals surface area (Å²) in [5.74, 6) is -1.13. The summed E-state index contributed by atoms with van der Waals surface area (Å²) >= 11 is 0. The zero-order valence-electron chi connectivity index (χ0n) is 18.8. The van der Waals surface area contributed by atoms with Crippen molar-refractivity contribution >= 4 is 27.6 Å². The molecule has 0 bridgehead atoms. The molecule has 0 radical (unpaired) electrons. The monoisotopic (exact) mass is 459 g/mol. The highest BCUT2D eigenvalue weighted by atomic mass is 32.2. The Morgan fingerprint density at radius 3 is 2.16 bits per heavy atom. The molecule has 1 aliphatic heterocycles. The van der Waals surface area contributed by atoms with Crippen molar-refractivity contribution in [2.45, 2.75) is 23.8 Å². The third kappa shape index (κ3) is 4.94. The smallest absolute Gasteiger partial charge is 0.341 e. The Kier molecular flexibility index (Phi) is 7.20. The van der Waals surface area contributed by atoms with Gasteiger partial charge in [0.15, 0.2) is 0 Å². The highest BCUT2D eigenvalue weighted by Gasteiger charge is 2.30. The Morgan fingerprint density at radius 2 is 1.59 bits per heavy atom. The fraction of sp³-hybridized carbons (Fsp3) is 0.391. The number of anilines is 1. The molecule has 0 aliphatic carbocycles. The third-order valence-corrected chi connectivity index (χ3v) is 7.22. The van der Waals surface area contributed by atoms with E-state index in [9.17, 15) is 18.0 Å². The first kappa shape index (κ1) is 23.7. The van der Waals surface area contributed by atoms with Crippen LogP contribution in [0, 0.1) is 0 Å². The summed E-state index contributed by atoms with van der Waals surface area (Å²) < 4.78 is 32.2. The number of esters is 1. The summed E-state index contributed by atoms with van der Waals surface area (Å²) in [4.78, 5) is 29.5. The van der Waals surface area contributed by atoms with Crippen LogP contribution in [0.15, 0.2) is 53.4 Å². The standard InChI is InChI=1S/C23H29N3O5S/c1-24(2)22(27)21(17-10-6-5-7-11-17)31-23(28)19-16-18(32(29,30)25(3)4)12-13-20(19)26-14-8-9-15-26/h5-7,10-13,16,21H,8-9,14-15H2,1-4H3. The van der Waals surface area contributed by atoms with Gasteiger partial charge in [-0.05, 0) is 31.0 Å². The number of hydrogen-bond donors (Lipinski definition) is 0. The van der Waals surface area contributed by atoms with Crippen LogP contribution in [-0.4, -0.2) is 70.8 Å². The summed E-state index contributed by atoms with van der Waals surface area (Å²) in [6, 6.07) is 13.2. The van der Waals surface area contributed by atoms with Crippen molar-refractivity contribution in [3.05, 3.63) is 59.7 Å². The van der Waals surface area contributed by atoms with Gasteiger partial charge in [0.1, 0.15) is 0 Å². The van der Waals surface area contributed by atoms with Crippen LogP contribution in [0.1, 0.15) is 34.9 Å². The molecule has 0 spiro atoms. The number of carbonyl (C=O) groups excluding carboxylic acids is 2. The molecule has 9 heteroatoms. The fourth-order valence-corrected chi connectivity index (χ4v) is 4.51. The van der Waals surface area contributed by atoms with Gasteiger partial charge in [-0.25, -0.2) is 17.5 Å². The second-order valence-corrected chi connectivity index (χ2v) is 10.2. The molecule has 8 nitrogen and oxygen atoms in total. The summed E-state index contributed by atoms with van der Waals surface area (Å²) in [5, 5.41) is 0. The van der Waals surface area contributed by atoms with Gasteiger partial charge < -0.3 is 14.5 Å². The van der Waals surface area contributed by atoms with Gasteiger partial charge in [0.2, 0.25) is 16.1 Å². The van der Waals surface area contributed by atoms with Gasteiger partial charge in [-0.3, -0.25) is 4.79 Å². The van der Waals surface area contributed by atoms with E-state index in [1.165, 1.54) is 31.1 Å². The Hall–Kier alpha value is -2.91. The van der Waals surface area contributed by atoms with Crippen LogP contribution >= 0.6 is 0 Å².